The van der Waals surface area contributed by atoms with E-state index in [2.05, 4.69) is 10.2 Å². The van der Waals surface area contributed by atoms with Crippen LogP contribution in [0.3, 0.4) is 0 Å². The van der Waals surface area contributed by atoms with E-state index in [4.69, 9.17) is 5.73 Å². The maximum absolute atomic E-state index is 13.4. The van der Waals surface area contributed by atoms with E-state index in [9.17, 15) is 9.18 Å². The Bertz CT molecular complexity index is 430. The first-order valence-corrected chi connectivity index (χ1v) is 6.22. The SMILES string of the molecule is Nc1ccc(F)c(NC(=O)CN2CCCCC2)c1. The number of amides is 1. The summed E-state index contributed by atoms with van der Waals surface area (Å²) in [6, 6.07) is 4.16. The standard InChI is InChI=1S/C13H18FN3O/c14-11-5-4-10(15)8-12(11)16-13(18)9-17-6-2-1-3-7-17/h4-5,8H,1-3,6-7,9,15H2,(H,16,18). The lowest BCUT2D eigenvalue weighted by atomic mass is 10.1. The van der Waals surface area contributed by atoms with Crippen LogP contribution in [0, 0.1) is 5.82 Å². The van der Waals surface area contributed by atoms with Crippen LogP contribution in [0.5, 0.6) is 0 Å². The van der Waals surface area contributed by atoms with Gasteiger partial charge in [-0.2, -0.15) is 0 Å². The summed E-state index contributed by atoms with van der Waals surface area (Å²) in [7, 11) is 0. The lowest BCUT2D eigenvalue weighted by Crippen LogP contribution is -2.36. The number of benzene rings is 1. The highest BCUT2D eigenvalue weighted by Gasteiger charge is 2.14. The second-order valence-corrected chi connectivity index (χ2v) is 4.62. The average Bonchev–Trinajstić information content (AvgIpc) is 2.35. The molecule has 0 unspecified atom stereocenters. The van der Waals surface area contributed by atoms with Crippen LogP contribution < -0.4 is 11.1 Å². The topological polar surface area (TPSA) is 58.4 Å². The fourth-order valence-corrected chi connectivity index (χ4v) is 2.15. The third-order valence-corrected chi connectivity index (χ3v) is 3.08. The van der Waals surface area contributed by atoms with Crippen molar-refractivity contribution < 1.29 is 9.18 Å². The molecule has 18 heavy (non-hydrogen) atoms. The number of piperidine rings is 1. The third kappa shape index (κ3) is 3.43. The Morgan fingerprint density at radius 1 is 1.33 bits per heavy atom. The first-order valence-electron chi connectivity index (χ1n) is 6.22. The highest BCUT2D eigenvalue weighted by molar-refractivity contribution is 5.92. The number of hydrogen-bond donors (Lipinski definition) is 2. The first-order chi connectivity index (χ1) is 8.65. The molecule has 1 aromatic rings. The van der Waals surface area contributed by atoms with Gasteiger partial charge in [-0.3, -0.25) is 9.69 Å². The number of nitrogens with two attached hydrogens (primary N) is 1. The van der Waals surface area contributed by atoms with Crippen LogP contribution in [-0.4, -0.2) is 30.4 Å². The van der Waals surface area contributed by atoms with Crippen LogP contribution in [0.2, 0.25) is 0 Å². The number of halogens is 1. The molecule has 1 amide bonds. The number of carbonyl (C=O) groups is 1. The van der Waals surface area contributed by atoms with E-state index in [-0.39, 0.29) is 11.6 Å². The van der Waals surface area contributed by atoms with Gasteiger partial charge in [-0.25, -0.2) is 4.39 Å². The van der Waals surface area contributed by atoms with Gasteiger partial charge in [0.05, 0.1) is 12.2 Å². The fraction of sp³-hybridized carbons (Fsp3) is 0.462. The second kappa shape index (κ2) is 5.82. The van der Waals surface area contributed by atoms with Gasteiger partial charge in [0.25, 0.3) is 0 Å². The normalized spacial score (nSPS) is 16.5. The predicted molar refractivity (Wildman–Crippen MR) is 69.7 cm³/mol. The Balaban J connectivity index is 1.92. The van der Waals surface area contributed by atoms with Crippen LogP contribution in [0.15, 0.2) is 18.2 Å². The number of nitrogen functional groups attached to an aromatic ring is 1. The Hall–Kier alpha value is -1.62. The maximum atomic E-state index is 13.4. The Kier molecular flexibility index (Phi) is 4.15. The summed E-state index contributed by atoms with van der Waals surface area (Å²) in [4.78, 5) is 13.9. The van der Waals surface area contributed by atoms with Gasteiger partial charge in [0.15, 0.2) is 0 Å². The van der Waals surface area contributed by atoms with Crippen molar-refractivity contribution in [1.29, 1.82) is 0 Å². The minimum Gasteiger partial charge on any atom is -0.399 e. The monoisotopic (exact) mass is 251 g/mol. The van der Waals surface area contributed by atoms with E-state index in [1.54, 1.807) is 0 Å². The van der Waals surface area contributed by atoms with Crippen molar-refractivity contribution >= 4 is 17.3 Å². The van der Waals surface area contributed by atoms with Gasteiger partial charge in [0.1, 0.15) is 5.82 Å². The van der Waals surface area contributed by atoms with Gasteiger partial charge in [0, 0.05) is 5.69 Å². The molecular formula is C13H18FN3O. The summed E-state index contributed by atoms with van der Waals surface area (Å²) in [5.74, 6) is -0.655. The molecule has 98 valence electrons. The molecule has 5 heteroatoms. The lowest BCUT2D eigenvalue weighted by molar-refractivity contribution is -0.117. The molecule has 1 aliphatic heterocycles. The molecule has 1 heterocycles. The molecule has 0 atom stereocenters. The molecule has 0 aliphatic carbocycles. The van der Waals surface area contributed by atoms with Crippen molar-refractivity contribution in [2.45, 2.75) is 19.3 Å². The highest BCUT2D eigenvalue weighted by atomic mass is 19.1. The van der Waals surface area contributed by atoms with Crippen LogP contribution in [0.25, 0.3) is 0 Å². The third-order valence-electron chi connectivity index (χ3n) is 3.08. The van der Waals surface area contributed by atoms with Gasteiger partial charge >= 0.3 is 0 Å². The number of hydrogen-bond acceptors (Lipinski definition) is 3. The summed E-state index contributed by atoms with van der Waals surface area (Å²) >= 11 is 0. The van der Waals surface area contributed by atoms with Crippen molar-refractivity contribution in [2.75, 3.05) is 30.7 Å². The average molecular weight is 251 g/mol. The van der Waals surface area contributed by atoms with Gasteiger partial charge < -0.3 is 11.1 Å². The maximum Gasteiger partial charge on any atom is 0.238 e. The van der Waals surface area contributed by atoms with E-state index in [0.29, 0.717) is 12.2 Å². The van der Waals surface area contributed by atoms with Crippen molar-refractivity contribution in [3.63, 3.8) is 0 Å². The van der Waals surface area contributed by atoms with Crippen molar-refractivity contribution in [2.24, 2.45) is 0 Å². The highest BCUT2D eigenvalue weighted by Crippen LogP contribution is 2.17. The zero-order chi connectivity index (χ0) is 13.0. The molecule has 1 aromatic carbocycles. The summed E-state index contributed by atoms with van der Waals surface area (Å²) in [5.41, 5.74) is 6.14. The van der Waals surface area contributed by atoms with Gasteiger partial charge in [0.2, 0.25) is 5.91 Å². The number of nitrogens with zero attached hydrogens (tertiary/aromatic N) is 1. The number of nitrogens with one attached hydrogen (secondary N) is 1. The second-order valence-electron chi connectivity index (χ2n) is 4.62. The molecule has 4 nitrogen and oxygen atoms in total. The molecule has 2 rings (SSSR count). The molecule has 0 radical (unpaired) electrons. The Morgan fingerprint density at radius 3 is 2.78 bits per heavy atom. The van der Waals surface area contributed by atoms with E-state index in [1.807, 2.05) is 0 Å². The zero-order valence-corrected chi connectivity index (χ0v) is 10.3. The van der Waals surface area contributed by atoms with E-state index < -0.39 is 5.82 Å². The van der Waals surface area contributed by atoms with Crippen LogP contribution >= 0.6 is 0 Å². The molecule has 1 aliphatic rings. The number of likely N-dealkylation sites (tertiary alicyclic amines) is 1. The van der Waals surface area contributed by atoms with Crippen LogP contribution in [-0.2, 0) is 4.79 Å². The van der Waals surface area contributed by atoms with Crippen LogP contribution in [0.1, 0.15) is 19.3 Å². The van der Waals surface area contributed by atoms with Crippen molar-refractivity contribution in [3.05, 3.63) is 24.0 Å². The Labute approximate surface area is 106 Å². The number of carbonyl (C=O) groups excluding carboxylic acids is 1. The molecular weight excluding hydrogens is 233 g/mol. The van der Waals surface area contributed by atoms with E-state index >= 15 is 0 Å². The van der Waals surface area contributed by atoms with Crippen LogP contribution in [0.4, 0.5) is 15.8 Å². The summed E-state index contributed by atoms with van der Waals surface area (Å²) in [6.45, 7) is 2.19. The number of rotatable bonds is 3. The predicted octanol–water partition coefficient (Wildman–Crippen LogP) is 1.83. The van der Waals surface area contributed by atoms with Crippen molar-refractivity contribution in [3.8, 4) is 0 Å². The molecule has 1 saturated heterocycles. The minimum absolute atomic E-state index is 0.150. The lowest BCUT2D eigenvalue weighted by Gasteiger charge is -2.25. The molecule has 0 saturated carbocycles. The van der Waals surface area contributed by atoms with Gasteiger partial charge in [-0.15, -0.1) is 0 Å². The summed E-state index contributed by atoms with van der Waals surface area (Å²) in [5, 5.41) is 2.56. The fourth-order valence-electron chi connectivity index (χ4n) is 2.15. The largest absolute Gasteiger partial charge is 0.399 e. The van der Waals surface area contributed by atoms with E-state index in [0.717, 1.165) is 25.9 Å². The first kappa shape index (κ1) is 12.8. The summed E-state index contributed by atoms with van der Waals surface area (Å²) < 4.78 is 13.4. The minimum atomic E-state index is -0.462. The van der Waals surface area contributed by atoms with Gasteiger partial charge in [-0.1, -0.05) is 6.42 Å². The Morgan fingerprint density at radius 2 is 2.06 bits per heavy atom. The molecule has 3 N–H and O–H groups in total. The van der Waals surface area contributed by atoms with Gasteiger partial charge in [-0.05, 0) is 44.1 Å². The quantitative estimate of drug-likeness (QED) is 0.806. The number of anilines is 2. The molecule has 0 aromatic heterocycles. The van der Waals surface area contributed by atoms with E-state index in [1.165, 1.54) is 24.6 Å². The molecule has 1 fully saturated rings. The summed E-state index contributed by atoms with van der Waals surface area (Å²) in [6.07, 6.45) is 3.47. The molecule has 0 spiro atoms. The molecule has 0 bridgehead atoms. The smallest absolute Gasteiger partial charge is 0.238 e. The zero-order valence-electron chi connectivity index (χ0n) is 10.3. The van der Waals surface area contributed by atoms with Crippen molar-refractivity contribution in [1.82, 2.24) is 4.90 Å².